The molecule has 0 N–H and O–H groups in total. The van der Waals surface area contributed by atoms with E-state index in [1.807, 2.05) is 25.8 Å². The molecule has 77 valence electrons. The van der Waals surface area contributed by atoms with Crippen LogP contribution >= 0.6 is 0 Å². The van der Waals surface area contributed by atoms with Gasteiger partial charge in [0, 0.05) is 19.6 Å². The van der Waals surface area contributed by atoms with E-state index in [1.165, 1.54) is 0 Å². The van der Waals surface area contributed by atoms with Crippen molar-refractivity contribution < 1.29 is 9.90 Å². The van der Waals surface area contributed by atoms with Crippen LogP contribution in [0.25, 0.3) is 0 Å². The van der Waals surface area contributed by atoms with E-state index in [0.717, 1.165) is 19.5 Å². The smallest absolute Gasteiger partial charge is 0.266 e. The number of hydrazine groups is 1. The first kappa shape index (κ1) is 12.4. The van der Waals surface area contributed by atoms with Crippen molar-refractivity contribution in [1.82, 2.24) is 10.0 Å². The fourth-order valence-corrected chi connectivity index (χ4v) is 1.28. The van der Waals surface area contributed by atoms with E-state index in [0.29, 0.717) is 6.54 Å². The lowest BCUT2D eigenvalue weighted by molar-refractivity contribution is -0.153. The first-order valence-corrected chi connectivity index (χ1v) is 4.84. The van der Waals surface area contributed by atoms with E-state index >= 15 is 0 Å². The fourth-order valence-electron chi connectivity index (χ4n) is 1.28. The maximum Gasteiger partial charge on any atom is 0.266 e. The fraction of sp³-hybridized carbons (Fsp3) is 0.889. The molecule has 0 atom stereocenters. The lowest BCUT2D eigenvalue weighted by atomic mass is 10.4. The van der Waals surface area contributed by atoms with Crippen LogP contribution in [0.1, 0.15) is 27.2 Å². The first-order valence-electron chi connectivity index (χ1n) is 4.84. The van der Waals surface area contributed by atoms with Gasteiger partial charge in [-0.05, 0) is 6.42 Å². The highest BCUT2D eigenvalue weighted by Gasteiger charge is 2.17. The second-order valence-electron chi connectivity index (χ2n) is 2.80. The van der Waals surface area contributed by atoms with Gasteiger partial charge in [-0.2, -0.15) is 0 Å². The van der Waals surface area contributed by atoms with Gasteiger partial charge in [-0.25, -0.2) is 10.1 Å². The van der Waals surface area contributed by atoms with Crippen molar-refractivity contribution in [3.63, 3.8) is 0 Å². The van der Waals surface area contributed by atoms with E-state index in [4.69, 9.17) is 0 Å². The Hall–Kier alpha value is -0.610. The number of carbonyl (C=O) groups is 1. The molecule has 0 spiro atoms. The van der Waals surface area contributed by atoms with Gasteiger partial charge >= 0.3 is 0 Å². The third-order valence-corrected chi connectivity index (χ3v) is 1.92. The molecule has 0 aliphatic carbocycles. The molecule has 0 fully saturated rings. The molecule has 4 nitrogen and oxygen atoms in total. The van der Waals surface area contributed by atoms with Gasteiger partial charge in [0.1, 0.15) is 0 Å². The average Bonchev–Trinajstić information content (AvgIpc) is 2.17. The minimum Gasteiger partial charge on any atom is -0.273 e. The Morgan fingerprint density at radius 3 is 2.00 bits per heavy atom. The van der Waals surface area contributed by atoms with Crippen LogP contribution in [-0.4, -0.2) is 42.2 Å². The maximum atomic E-state index is 11.2. The van der Waals surface area contributed by atoms with Crippen molar-refractivity contribution in [3.05, 3.63) is 0 Å². The summed E-state index contributed by atoms with van der Waals surface area (Å²) in [6.07, 6.45) is 0.877. The van der Waals surface area contributed by atoms with Gasteiger partial charge in [0.15, 0.2) is 6.61 Å². The Labute approximate surface area is 80.1 Å². The molecule has 0 aliphatic rings. The van der Waals surface area contributed by atoms with Gasteiger partial charge in [-0.3, -0.25) is 9.80 Å². The quantitative estimate of drug-likeness (QED) is 0.580. The zero-order valence-corrected chi connectivity index (χ0v) is 8.75. The molecule has 1 radical (unpaired) electrons. The van der Waals surface area contributed by atoms with Crippen LogP contribution in [0, 0.1) is 0 Å². The highest BCUT2D eigenvalue weighted by atomic mass is 16.3. The third-order valence-electron chi connectivity index (χ3n) is 1.92. The zero-order chi connectivity index (χ0) is 10.3. The minimum atomic E-state index is -0.656. The molecule has 0 aliphatic heterocycles. The second-order valence-corrected chi connectivity index (χ2v) is 2.80. The molecule has 0 unspecified atom stereocenters. The third kappa shape index (κ3) is 3.74. The Morgan fingerprint density at radius 1 is 1.15 bits per heavy atom. The van der Waals surface area contributed by atoms with Gasteiger partial charge in [-0.1, -0.05) is 20.8 Å². The lowest BCUT2D eigenvalue weighted by Gasteiger charge is -2.32. The topological polar surface area (TPSA) is 43.5 Å². The summed E-state index contributed by atoms with van der Waals surface area (Å²) in [4.78, 5) is 11.2. The largest absolute Gasteiger partial charge is 0.273 e. The van der Waals surface area contributed by atoms with Crippen molar-refractivity contribution in [3.8, 4) is 0 Å². The van der Waals surface area contributed by atoms with Crippen molar-refractivity contribution in [2.24, 2.45) is 0 Å². The van der Waals surface area contributed by atoms with Crippen molar-refractivity contribution in [2.75, 3.05) is 26.2 Å². The molecule has 4 heteroatoms. The van der Waals surface area contributed by atoms with Crippen LogP contribution in [0.15, 0.2) is 0 Å². The molecule has 0 rings (SSSR count). The van der Waals surface area contributed by atoms with Crippen LogP contribution in [0.4, 0.5) is 0 Å². The van der Waals surface area contributed by atoms with E-state index in [-0.39, 0.29) is 5.91 Å². The molecule has 13 heavy (non-hydrogen) atoms. The number of nitrogens with zero attached hydrogens (tertiary/aromatic N) is 2. The summed E-state index contributed by atoms with van der Waals surface area (Å²) in [5, 5.41) is 13.9. The summed E-state index contributed by atoms with van der Waals surface area (Å²) < 4.78 is 0. The molecule has 1 amide bonds. The lowest BCUT2D eigenvalue weighted by Crippen LogP contribution is -2.47. The molecule has 0 aromatic heterocycles. The van der Waals surface area contributed by atoms with E-state index < -0.39 is 6.61 Å². The highest BCUT2D eigenvalue weighted by Crippen LogP contribution is 2.00. The molecule has 0 heterocycles. The van der Waals surface area contributed by atoms with Crippen molar-refractivity contribution in [2.45, 2.75) is 27.2 Å². The van der Waals surface area contributed by atoms with Crippen LogP contribution < -0.4 is 0 Å². The van der Waals surface area contributed by atoms with Gasteiger partial charge in [-0.15, -0.1) is 0 Å². The predicted molar refractivity (Wildman–Crippen MR) is 50.5 cm³/mol. The predicted octanol–water partition coefficient (Wildman–Crippen LogP) is 0.912. The SMILES string of the molecule is CCCN(C(=O)C[O])N(CC)CC. The molecular formula is C9H19N2O2. The van der Waals surface area contributed by atoms with Gasteiger partial charge in [0.25, 0.3) is 5.91 Å². The first-order chi connectivity index (χ1) is 6.21. The number of hydrogen-bond acceptors (Lipinski definition) is 2. The van der Waals surface area contributed by atoms with Crippen LogP contribution in [0.3, 0.4) is 0 Å². The van der Waals surface area contributed by atoms with Gasteiger partial charge < -0.3 is 0 Å². The number of rotatable bonds is 6. The monoisotopic (exact) mass is 187 g/mol. The van der Waals surface area contributed by atoms with Crippen LogP contribution in [-0.2, 0) is 9.90 Å². The van der Waals surface area contributed by atoms with E-state index in [1.54, 1.807) is 5.01 Å². The number of amides is 1. The molecule has 0 aromatic rings. The minimum absolute atomic E-state index is 0.328. The maximum absolute atomic E-state index is 11.2. The van der Waals surface area contributed by atoms with Gasteiger partial charge in [0.05, 0.1) is 0 Å². The molecule has 0 saturated carbocycles. The van der Waals surface area contributed by atoms with Crippen molar-refractivity contribution >= 4 is 5.91 Å². The Kier molecular flexibility index (Phi) is 6.54. The van der Waals surface area contributed by atoms with Crippen LogP contribution in [0.5, 0.6) is 0 Å². The van der Waals surface area contributed by atoms with Crippen molar-refractivity contribution in [1.29, 1.82) is 0 Å². The summed E-state index contributed by atoms with van der Waals surface area (Å²) in [6, 6.07) is 0. The summed E-state index contributed by atoms with van der Waals surface area (Å²) in [7, 11) is 0. The second kappa shape index (κ2) is 6.86. The molecular weight excluding hydrogens is 168 g/mol. The number of carbonyl (C=O) groups excluding carboxylic acids is 1. The molecule has 0 saturated heterocycles. The number of hydrogen-bond donors (Lipinski definition) is 0. The summed E-state index contributed by atoms with van der Waals surface area (Å²) in [5.74, 6) is -0.328. The Balaban J connectivity index is 4.28. The molecule has 0 bridgehead atoms. The summed E-state index contributed by atoms with van der Waals surface area (Å²) >= 11 is 0. The molecule has 0 aromatic carbocycles. The summed E-state index contributed by atoms with van der Waals surface area (Å²) in [5.41, 5.74) is 0. The Morgan fingerprint density at radius 2 is 1.69 bits per heavy atom. The van der Waals surface area contributed by atoms with Gasteiger partial charge in [0.2, 0.25) is 0 Å². The highest BCUT2D eigenvalue weighted by molar-refractivity contribution is 5.76. The standard InChI is InChI=1S/C9H19N2O2/c1-4-7-11(9(13)8-12)10(5-2)6-3/h4-8H2,1-3H3. The normalized spacial score (nSPS) is 10.5. The van der Waals surface area contributed by atoms with E-state index in [9.17, 15) is 9.90 Å². The van der Waals surface area contributed by atoms with Crippen LogP contribution in [0.2, 0.25) is 0 Å². The average molecular weight is 187 g/mol. The Bertz CT molecular complexity index is 147. The van der Waals surface area contributed by atoms with E-state index in [2.05, 4.69) is 0 Å². The summed E-state index contributed by atoms with van der Waals surface area (Å²) in [6.45, 7) is 7.47. The zero-order valence-electron chi connectivity index (χ0n) is 8.75.